The van der Waals surface area contributed by atoms with Gasteiger partial charge in [0.2, 0.25) is 10.0 Å². The van der Waals surface area contributed by atoms with E-state index in [9.17, 15) is 8.42 Å². The minimum Gasteiger partial charge on any atom is -0.495 e. The maximum absolute atomic E-state index is 12.5. The van der Waals surface area contributed by atoms with Crippen LogP contribution in [0.4, 0.5) is 0 Å². The fraction of sp³-hybridized carbons (Fsp3) is 0.500. The third kappa shape index (κ3) is 3.82. The molecular formula is C12H18ClNO4S. The van der Waals surface area contributed by atoms with E-state index < -0.39 is 10.0 Å². The maximum atomic E-state index is 12.5. The van der Waals surface area contributed by atoms with E-state index in [0.29, 0.717) is 18.0 Å². The minimum atomic E-state index is -3.70. The fourth-order valence-electron chi connectivity index (χ4n) is 1.71. The van der Waals surface area contributed by atoms with Crippen LogP contribution in [0.3, 0.4) is 0 Å². The summed E-state index contributed by atoms with van der Waals surface area (Å²) in [5, 5.41) is 9.39. The summed E-state index contributed by atoms with van der Waals surface area (Å²) < 4.78 is 31.3. The van der Waals surface area contributed by atoms with Crippen LogP contribution >= 0.6 is 11.6 Å². The van der Waals surface area contributed by atoms with Gasteiger partial charge in [0.1, 0.15) is 10.6 Å². The zero-order chi connectivity index (χ0) is 14.5. The summed E-state index contributed by atoms with van der Waals surface area (Å²) in [5.41, 5.74) is 0. The number of aliphatic hydroxyl groups is 1. The summed E-state index contributed by atoms with van der Waals surface area (Å²) in [5.74, 6) is 0.201. The largest absolute Gasteiger partial charge is 0.495 e. The van der Waals surface area contributed by atoms with Gasteiger partial charge in [-0.25, -0.2) is 8.42 Å². The van der Waals surface area contributed by atoms with Crippen LogP contribution in [0.15, 0.2) is 23.1 Å². The van der Waals surface area contributed by atoms with Gasteiger partial charge < -0.3 is 9.84 Å². The number of hydrogen-bond donors (Lipinski definition) is 1. The van der Waals surface area contributed by atoms with Gasteiger partial charge in [-0.1, -0.05) is 18.5 Å². The zero-order valence-corrected chi connectivity index (χ0v) is 12.5. The summed E-state index contributed by atoms with van der Waals surface area (Å²) in [6.45, 7) is 2.05. The van der Waals surface area contributed by atoms with Crippen molar-refractivity contribution in [2.45, 2.75) is 18.2 Å². The van der Waals surface area contributed by atoms with E-state index in [-0.39, 0.29) is 23.8 Å². The number of ether oxygens (including phenoxy) is 1. The first-order valence-corrected chi connectivity index (χ1v) is 7.73. The molecule has 0 aromatic heterocycles. The lowest BCUT2D eigenvalue weighted by Gasteiger charge is -2.21. The monoisotopic (exact) mass is 307 g/mol. The molecule has 0 unspecified atom stereocenters. The molecule has 1 aromatic carbocycles. The Morgan fingerprint density at radius 3 is 2.58 bits per heavy atom. The molecule has 0 bridgehead atoms. The minimum absolute atomic E-state index is 0.0568. The number of aliphatic hydroxyl groups excluding tert-OH is 1. The lowest BCUT2D eigenvalue weighted by Crippen LogP contribution is -2.34. The van der Waals surface area contributed by atoms with Gasteiger partial charge in [0.15, 0.2) is 0 Å². The van der Waals surface area contributed by atoms with E-state index in [4.69, 9.17) is 21.4 Å². The van der Waals surface area contributed by atoms with E-state index in [1.165, 1.54) is 29.6 Å². The van der Waals surface area contributed by atoms with Crippen molar-refractivity contribution < 1.29 is 18.3 Å². The van der Waals surface area contributed by atoms with Crippen molar-refractivity contribution in [3.63, 3.8) is 0 Å². The number of methoxy groups -OCH3 is 1. The van der Waals surface area contributed by atoms with Crippen LogP contribution in [0.2, 0.25) is 5.02 Å². The van der Waals surface area contributed by atoms with E-state index >= 15 is 0 Å². The van der Waals surface area contributed by atoms with Crippen LogP contribution in [-0.2, 0) is 10.0 Å². The second-order valence-corrected chi connectivity index (χ2v) is 6.27. The highest BCUT2D eigenvalue weighted by atomic mass is 35.5. The van der Waals surface area contributed by atoms with Crippen molar-refractivity contribution in [1.29, 1.82) is 0 Å². The van der Waals surface area contributed by atoms with Crippen molar-refractivity contribution >= 4 is 21.6 Å². The average molecular weight is 308 g/mol. The predicted octanol–water partition coefficient (Wildman–Crippen LogP) is 1.74. The zero-order valence-electron chi connectivity index (χ0n) is 11.0. The Morgan fingerprint density at radius 2 is 2.05 bits per heavy atom. The second kappa shape index (κ2) is 7.09. The van der Waals surface area contributed by atoms with Crippen molar-refractivity contribution in [3.05, 3.63) is 23.2 Å². The van der Waals surface area contributed by atoms with E-state index in [0.717, 1.165) is 0 Å². The van der Waals surface area contributed by atoms with Crippen molar-refractivity contribution in [2.24, 2.45) is 0 Å². The molecule has 0 heterocycles. The molecule has 0 radical (unpaired) electrons. The molecule has 0 atom stereocenters. The molecular weight excluding hydrogens is 290 g/mol. The molecule has 1 N–H and O–H groups in total. The first-order valence-electron chi connectivity index (χ1n) is 5.92. The SMILES string of the molecule is CCCN(CCO)S(=O)(=O)c1ccc(Cl)cc1OC. The molecule has 0 aliphatic carbocycles. The van der Waals surface area contributed by atoms with Gasteiger partial charge >= 0.3 is 0 Å². The highest BCUT2D eigenvalue weighted by Gasteiger charge is 2.26. The van der Waals surface area contributed by atoms with Gasteiger partial charge in [0, 0.05) is 24.2 Å². The smallest absolute Gasteiger partial charge is 0.246 e. The molecule has 0 saturated carbocycles. The number of sulfonamides is 1. The molecule has 108 valence electrons. The molecule has 1 rings (SSSR count). The van der Waals surface area contributed by atoms with E-state index in [2.05, 4.69) is 0 Å². The third-order valence-electron chi connectivity index (χ3n) is 2.57. The van der Waals surface area contributed by atoms with Crippen LogP contribution < -0.4 is 4.74 Å². The summed E-state index contributed by atoms with van der Waals surface area (Å²) in [6.07, 6.45) is 0.662. The van der Waals surface area contributed by atoms with Gasteiger partial charge in [0.25, 0.3) is 0 Å². The Labute approximate surface area is 118 Å². The number of benzene rings is 1. The Hall–Kier alpha value is -0.820. The van der Waals surface area contributed by atoms with Crippen molar-refractivity contribution in [2.75, 3.05) is 26.8 Å². The van der Waals surface area contributed by atoms with Gasteiger partial charge in [-0.2, -0.15) is 4.31 Å². The van der Waals surface area contributed by atoms with E-state index in [1.54, 1.807) is 0 Å². The highest BCUT2D eigenvalue weighted by molar-refractivity contribution is 7.89. The summed E-state index contributed by atoms with van der Waals surface area (Å²) in [6, 6.07) is 4.37. The molecule has 0 spiro atoms. The van der Waals surface area contributed by atoms with Crippen LogP contribution in [-0.4, -0.2) is 44.6 Å². The lowest BCUT2D eigenvalue weighted by molar-refractivity contribution is 0.253. The van der Waals surface area contributed by atoms with Crippen molar-refractivity contribution in [3.8, 4) is 5.75 Å². The van der Waals surface area contributed by atoms with Gasteiger partial charge in [-0.3, -0.25) is 0 Å². The average Bonchev–Trinajstić information content (AvgIpc) is 2.38. The quantitative estimate of drug-likeness (QED) is 0.833. The first-order chi connectivity index (χ1) is 8.97. The van der Waals surface area contributed by atoms with Gasteiger partial charge in [-0.05, 0) is 18.6 Å². The molecule has 5 nitrogen and oxygen atoms in total. The number of hydrogen-bond acceptors (Lipinski definition) is 4. The molecule has 0 aliphatic rings. The number of halogens is 1. The molecule has 19 heavy (non-hydrogen) atoms. The second-order valence-electron chi connectivity index (χ2n) is 3.92. The maximum Gasteiger partial charge on any atom is 0.246 e. The standard InChI is InChI=1S/C12H18ClNO4S/c1-3-6-14(7-8-15)19(16,17)12-5-4-10(13)9-11(12)18-2/h4-5,9,15H,3,6-8H2,1-2H3. The van der Waals surface area contributed by atoms with Crippen LogP contribution in [0.5, 0.6) is 5.75 Å². The topological polar surface area (TPSA) is 66.8 Å². The van der Waals surface area contributed by atoms with Crippen LogP contribution in [0.1, 0.15) is 13.3 Å². The Morgan fingerprint density at radius 1 is 1.37 bits per heavy atom. The third-order valence-corrected chi connectivity index (χ3v) is 4.74. The summed E-state index contributed by atoms with van der Waals surface area (Å²) >= 11 is 5.82. The summed E-state index contributed by atoms with van der Waals surface area (Å²) in [4.78, 5) is 0.0568. The Balaban J connectivity index is 3.24. The first kappa shape index (κ1) is 16.2. The van der Waals surface area contributed by atoms with Crippen LogP contribution in [0.25, 0.3) is 0 Å². The van der Waals surface area contributed by atoms with E-state index in [1.807, 2.05) is 6.92 Å². The molecule has 0 saturated heterocycles. The molecule has 7 heteroatoms. The van der Waals surface area contributed by atoms with Gasteiger partial charge in [0.05, 0.1) is 13.7 Å². The number of nitrogens with zero attached hydrogens (tertiary/aromatic N) is 1. The highest BCUT2D eigenvalue weighted by Crippen LogP contribution is 2.29. The fourth-order valence-corrected chi connectivity index (χ4v) is 3.53. The lowest BCUT2D eigenvalue weighted by atomic mass is 10.3. The van der Waals surface area contributed by atoms with Crippen LogP contribution in [0, 0.1) is 0 Å². The Bertz CT molecular complexity index is 512. The molecule has 1 aromatic rings. The van der Waals surface area contributed by atoms with Gasteiger partial charge in [-0.15, -0.1) is 0 Å². The molecule has 0 aliphatic heterocycles. The number of rotatable bonds is 7. The molecule has 0 fully saturated rings. The summed E-state index contributed by atoms with van der Waals surface area (Å²) in [7, 11) is -2.31. The normalized spacial score (nSPS) is 11.8. The molecule has 0 amide bonds. The Kier molecular flexibility index (Phi) is 6.06. The predicted molar refractivity (Wildman–Crippen MR) is 74.1 cm³/mol. The van der Waals surface area contributed by atoms with Crippen molar-refractivity contribution in [1.82, 2.24) is 4.31 Å².